The summed E-state index contributed by atoms with van der Waals surface area (Å²) in [6, 6.07) is 11.7. The average molecular weight is 363 g/mol. The van der Waals surface area contributed by atoms with Gasteiger partial charge in [0.2, 0.25) is 0 Å². The molecule has 1 saturated heterocycles. The molecule has 0 amide bonds. The molecule has 0 spiro atoms. The van der Waals surface area contributed by atoms with Crippen molar-refractivity contribution in [3.05, 3.63) is 35.9 Å². The van der Waals surface area contributed by atoms with Crippen molar-refractivity contribution in [1.29, 1.82) is 0 Å². The van der Waals surface area contributed by atoms with E-state index in [2.05, 4.69) is 57.8 Å². The summed E-state index contributed by atoms with van der Waals surface area (Å²) in [5, 5.41) is 6.87. The Bertz CT molecular complexity index is 524. The molecule has 0 aromatic heterocycles. The van der Waals surface area contributed by atoms with Crippen LogP contribution >= 0.6 is 0 Å². The molecule has 1 aliphatic heterocycles. The quantitative estimate of drug-likeness (QED) is 0.399. The second kappa shape index (κ2) is 11.9. The van der Waals surface area contributed by atoms with Gasteiger partial charge >= 0.3 is 0 Å². The van der Waals surface area contributed by atoms with Gasteiger partial charge in [0, 0.05) is 45.9 Å². The maximum atomic E-state index is 5.47. The van der Waals surface area contributed by atoms with E-state index >= 15 is 0 Å². The number of guanidine groups is 1. The SMILES string of the molecule is CN=C(NCCOCCOC)NC1CCN(Cc2ccccc2)C(C)C1. The third-order valence-electron chi connectivity index (χ3n) is 4.78. The lowest BCUT2D eigenvalue weighted by Crippen LogP contribution is -2.51. The molecule has 2 unspecified atom stereocenters. The van der Waals surface area contributed by atoms with Crippen LogP contribution in [-0.4, -0.2) is 70.0 Å². The van der Waals surface area contributed by atoms with Crippen LogP contribution in [0.4, 0.5) is 0 Å². The molecule has 6 nitrogen and oxygen atoms in total. The molecule has 1 aromatic rings. The van der Waals surface area contributed by atoms with Gasteiger partial charge in [-0.2, -0.15) is 0 Å². The van der Waals surface area contributed by atoms with Crippen LogP contribution in [0.15, 0.2) is 35.3 Å². The fourth-order valence-corrected chi connectivity index (χ4v) is 3.28. The maximum Gasteiger partial charge on any atom is 0.191 e. The number of hydrogen-bond donors (Lipinski definition) is 2. The van der Waals surface area contributed by atoms with Crippen molar-refractivity contribution in [2.75, 3.05) is 47.1 Å². The number of piperidine rings is 1. The Kier molecular flexibility index (Phi) is 9.45. The van der Waals surface area contributed by atoms with Crippen LogP contribution < -0.4 is 10.6 Å². The molecule has 2 rings (SSSR count). The van der Waals surface area contributed by atoms with E-state index < -0.39 is 0 Å². The average Bonchev–Trinajstić information content (AvgIpc) is 2.66. The van der Waals surface area contributed by atoms with Crippen molar-refractivity contribution < 1.29 is 9.47 Å². The van der Waals surface area contributed by atoms with E-state index in [-0.39, 0.29) is 0 Å². The van der Waals surface area contributed by atoms with Gasteiger partial charge in [-0.25, -0.2) is 0 Å². The van der Waals surface area contributed by atoms with Crippen LogP contribution in [0.5, 0.6) is 0 Å². The monoisotopic (exact) mass is 362 g/mol. The Labute approximate surface area is 158 Å². The van der Waals surface area contributed by atoms with E-state index in [1.54, 1.807) is 7.11 Å². The molecule has 1 heterocycles. The predicted octanol–water partition coefficient (Wildman–Crippen LogP) is 1.87. The summed E-state index contributed by atoms with van der Waals surface area (Å²) in [4.78, 5) is 6.89. The molecule has 6 heteroatoms. The Balaban J connectivity index is 1.68. The smallest absolute Gasteiger partial charge is 0.191 e. The molecule has 1 fully saturated rings. The standard InChI is InChI=1S/C20H34N4O2/c1-17-15-19(9-11-24(17)16-18-7-5-4-6-8-18)23-20(21-2)22-10-12-26-14-13-25-3/h4-8,17,19H,9-16H2,1-3H3,(H2,21,22,23). The van der Waals surface area contributed by atoms with Crippen LogP contribution in [-0.2, 0) is 16.0 Å². The van der Waals surface area contributed by atoms with Crippen molar-refractivity contribution in [3.63, 3.8) is 0 Å². The zero-order valence-electron chi connectivity index (χ0n) is 16.4. The second-order valence-corrected chi connectivity index (χ2v) is 6.77. The third kappa shape index (κ3) is 7.32. The number of benzene rings is 1. The van der Waals surface area contributed by atoms with Crippen molar-refractivity contribution in [2.45, 2.75) is 38.4 Å². The van der Waals surface area contributed by atoms with Crippen LogP contribution in [0, 0.1) is 0 Å². The molecular formula is C20H34N4O2. The first kappa shape index (κ1) is 20.7. The number of hydrogen-bond acceptors (Lipinski definition) is 4. The molecule has 2 N–H and O–H groups in total. The first-order valence-corrected chi connectivity index (χ1v) is 9.54. The summed E-state index contributed by atoms with van der Waals surface area (Å²) in [7, 11) is 3.49. The first-order valence-electron chi connectivity index (χ1n) is 9.54. The molecule has 0 saturated carbocycles. The van der Waals surface area contributed by atoms with E-state index in [9.17, 15) is 0 Å². The normalized spacial score (nSPS) is 21.6. The summed E-state index contributed by atoms with van der Waals surface area (Å²) in [6.45, 7) is 7.10. The van der Waals surface area contributed by atoms with Gasteiger partial charge in [-0.1, -0.05) is 30.3 Å². The van der Waals surface area contributed by atoms with Crippen LogP contribution in [0.1, 0.15) is 25.3 Å². The Morgan fingerprint density at radius 1 is 1.23 bits per heavy atom. The van der Waals surface area contributed by atoms with E-state index in [0.29, 0.717) is 31.9 Å². The molecule has 0 aliphatic carbocycles. The zero-order valence-corrected chi connectivity index (χ0v) is 16.4. The Morgan fingerprint density at radius 2 is 2.04 bits per heavy atom. The van der Waals surface area contributed by atoms with Gasteiger partial charge in [-0.3, -0.25) is 9.89 Å². The third-order valence-corrected chi connectivity index (χ3v) is 4.78. The minimum absolute atomic E-state index is 0.456. The minimum Gasteiger partial charge on any atom is -0.382 e. The van der Waals surface area contributed by atoms with Gasteiger partial charge in [0.15, 0.2) is 5.96 Å². The van der Waals surface area contributed by atoms with Gasteiger partial charge in [0.25, 0.3) is 0 Å². The highest BCUT2D eigenvalue weighted by molar-refractivity contribution is 5.79. The summed E-state index contributed by atoms with van der Waals surface area (Å²) in [5.74, 6) is 0.856. The lowest BCUT2D eigenvalue weighted by atomic mass is 9.97. The highest BCUT2D eigenvalue weighted by Crippen LogP contribution is 2.19. The topological polar surface area (TPSA) is 58.1 Å². The highest BCUT2D eigenvalue weighted by atomic mass is 16.5. The fraction of sp³-hybridized carbons (Fsp3) is 0.650. The van der Waals surface area contributed by atoms with Crippen LogP contribution in [0.3, 0.4) is 0 Å². The largest absolute Gasteiger partial charge is 0.382 e. The number of nitrogens with zero attached hydrogens (tertiary/aromatic N) is 2. The molecule has 0 radical (unpaired) electrons. The van der Waals surface area contributed by atoms with Gasteiger partial charge < -0.3 is 20.1 Å². The summed E-state index contributed by atoms with van der Waals surface area (Å²) in [5.41, 5.74) is 1.39. The Hall–Kier alpha value is -1.63. The summed E-state index contributed by atoms with van der Waals surface area (Å²) < 4.78 is 10.4. The van der Waals surface area contributed by atoms with Crippen LogP contribution in [0.2, 0.25) is 0 Å². The minimum atomic E-state index is 0.456. The molecule has 1 aliphatic rings. The number of ether oxygens (including phenoxy) is 2. The summed E-state index contributed by atoms with van der Waals surface area (Å²) >= 11 is 0. The van der Waals surface area contributed by atoms with E-state index in [1.807, 2.05) is 7.05 Å². The lowest BCUT2D eigenvalue weighted by Gasteiger charge is -2.38. The lowest BCUT2D eigenvalue weighted by molar-refractivity contribution is 0.0732. The molecule has 1 aromatic carbocycles. The number of nitrogens with one attached hydrogen (secondary N) is 2. The first-order chi connectivity index (χ1) is 12.7. The zero-order chi connectivity index (χ0) is 18.6. The number of aliphatic imine (C=N–C) groups is 1. The molecular weight excluding hydrogens is 328 g/mol. The van der Waals surface area contributed by atoms with Crippen LogP contribution in [0.25, 0.3) is 0 Å². The predicted molar refractivity (Wildman–Crippen MR) is 107 cm³/mol. The van der Waals surface area contributed by atoms with Crippen molar-refractivity contribution in [2.24, 2.45) is 4.99 Å². The van der Waals surface area contributed by atoms with Gasteiger partial charge in [0.1, 0.15) is 0 Å². The molecule has 146 valence electrons. The summed E-state index contributed by atoms with van der Waals surface area (Å²) in [6.07, 6.45) is 2.25. The fourth-order valence-electron chi connectivity index (χ4n) is 3.28. The van der Waals surface area contributed by atoms with Crippen molar-refractivity contribution in [3.8, 4) is 0 Å². The second-order valence-electron chi connectivity index (χ2n) is 6.77. The van der Waals surface area contributed by atoms with E-state index in [1.165, 1.54) is 5.56 Å². The van der Waals surface area contributed by atoms with Gasteiger partial charge in [0.05, 0.1) is 19.8 Å². The number of likely N-dealkylation sites (tertiary alicyclic amines) is 1. The van der Waals surface area contributed by atoms with E-state index in [4.69, 9.17) is 9.47 Å². The molecule has 2 atom stereocenters. The van der Waals surface area contributed by atoms with Crippen molar-refractivity contribution in [1.82, 2.24) is 15.5 Å². The number of methoxy groups -OCH3 is 1. The Morgan fingerprint density at radius 3 is 2.73 bits per heavy atom. The molecule has 0 bridgehead atoms. The number of rotatable bonds is 9. The maximum absolute atomic E-state index is 5.47. The highest BCUT2D eigenvalue weighted by Gasteiger charge is 2.25. The van der Waals surface area contributed by atoms with E-state index in [0.717, 1.165) is 38.4 Å². The van der Waals surface area contributed by atoms with Gasteiger partial charge in [-0.05, 0) is 25.3 Å². The molecule has 26 heavy (non-hydrogen) atoms. The van der Waals surface area contributed by atoms with Gasteiger partial charge in [-0.15, -0.1) is 0 Å². The van der Waals surface area contributed by atoms with Crippen molar-refractivity contribution >= 4 is 5.96 Å².